The number of benzene rings is 2. The summed E-state index contributed by atoms with van der Waals surface area (Å²) in [6, 6.07) is 16.6. The molecule has 0 saturated carbocycles. The van der Waals surface area contributed by atoms with Crippen LogP contribution in [0.25, 0.3) is 6.08 Å². The van der Waals surface area contributed by atoms with E-state index in [2.05, 4.69) is 10.2 Å². The van der Waals surface area contributed by atoms with Crippen LogP contribution in [0.3, 0.4) is 0 Å². The van der Waals surface area contributed by atoms with E-state index in [0.717, 1.165) is 37.6 Å². The molecule has 0 spiro atoms. The van der Waals surface area contributed by atoms with Gasteiger partial charge in [-0.3, -0.25) is 4.79 Å². The summed E-state index contributed by atoms with van der Waals surface area (Å²) in [5.74, 6) is -0.488. The normalized spacial score (nSPS) is 14.6. The van der Waals surface area contributed by atoms with E-state index in [1.165, 1.54) is 0 Å². The molecule has 2 aromatic carbocycles. The molecular weight excluding hydrogens is 350 g/mol. The van der Waals surface area contributed by atoms with Crippen molar-refractivity contribution >= 4 is 35.0 Å². The molecule has 1 heterocycles. The van der Waals surface area contributed by atoms with Gasteiger partial charge in [0.25, 0.3) is 5.91 Å². The predicted octanol–water partition coefficient (Wildman–Crippen LogP) is 3.72. The summed E-state index contributed by atoms with van der Waals surface area (Å²) in [6.07, 6.45) is 1.56. The zero-order valence-electron chi connectivity index (χ0n) is 14.1. The highest BCUT2D eigenvalue weighted by molar-refractivity contribution is 6.34. The second-order valence-electron chi connectivity index (χ2n) is 5.79. The number of ether oxygens (including phenoxy) is 1. The lowest BCUT2D eigenvalue weighted by Gasteiger charge is -2.28. The fourth-order valence-corrected chi connectivity index (χ4v) is 2.85. The molecule has 26 heavy (non-hydrogen) atoms. The molecule has 2 aromatic rings. The van der Waals surface area contributed by atoms with Crippen LogP contribution in [0.4, 0.5) is 11.4 Å². The highest BCUT2D eigenvalue weighted by atomic mass is 35.5. The van der Waals surface area contributed by atoms with Crippen molar-refractivity contribution in [2.24, 2.45) is 0 Å². The van der Waals surface area contributed by atoms with Crippen molar-refractivity contribution in [2.45, 2.75) is 0 Å². The first kappa shape index (κ1) is 18.0. The standard InChI is InChI=1S/C20H18ClN3O2/c21-18-3-1-2-4-19(18)23-20(25)16(14-22)13-15-5-7-17(8-6-15)24-9-11-26-12-10-24/h1-8,13H,9-12H2,(H,23,25)/b16-13+. The third-order valence-electron chi connectivity index (χ3n) is 4.07. The van der Waals surface area contributed by atoms with Gasteiger partial charge in [-0.05, 0) is 35.9 Å². The lowest BCUT2D eigenvalue weighted by atomic mass is 10.1. The topological polar surface area (TPSA) is 65.4 Å². The third kappa shape index (κ3) is 4.42. The van der Waals surface area contributed by atoms with Crippen LogP contribution in [0.1, 0.15) is 5.56 Å². The molecule has 1 fully saturated rings. The summed E-state index contributed by atoms with van der Waals surface area (Å²) in [5, 5.41) is 12.4. The Bertz CT molecular complexity index is 850. The van der Waals surface area contributed by atoms with Crippen molar-refractivity contribution in [3.05, 3.63) is 64.7 Å². The van der Waals surface area contributed by atoms with E-state index < -0.39 is 5.91 Å². The van der Waals surface area contributed by atoms with Gasteiger partial charge in [-0.25, -0.2) is 0 Å². The van der Waals surface area contributed by atoms with Gasteiger partial charge in [0.1, 0.15) is 11.6 Å². The molecule has 5 nitrogen and oxygen atoms in total. The van der Waals surface area contributed by atoms with E-state index in [4.69, 9.17) is 16.3 Å². The van der Waals surface area contributed by atoms with Gasteiger partial charge in [0.15, 0.2) is 0 Å². The Kier molecular flexibility index (Phi) is 5.90. The Labute approximate surface area is 157 Å². The van der Waals surface area contributed by atoms with Crippen LogP contribution in [0, 0.1) is 11.3 Å². The van der Waals surface area contributed by atoms with Crippen molar-refractivity contribution in [1.82, 2.24) is 0 Å². The summed E-state index contributed by atoms with van der Waals surface area (Å²) in [6.45, 7) is 3.17. The number of nitrogens with one attached hydrogen (secondary N) is 1. The quantitative estimate of drug-likeness (QED) is 0.660. The number of carbonyl (C=O) groups excluding carboxylic acids is 1. The minimum absolute atomic E-state index is 0.0176. The van der Waals surface area contributed by atoms with Gasteiger partial charge < -0.3 is 15.0 Å². The van der Waals surface area contributed by atoms with Crippen LogP contribution in [0.5, 0.6) is 0 Å². The van der Waals surface area contributed by atoms with Crippen molar-refractivity contribution in [3.63, 3.8) is 0 Å². The number of rotatable bonds is 4. The highest BCUT2D eigenvalue weighted by Crippen LogP contribution is 2.22. The van der Waals surface area contributed by atoms with Crippen LogP contribution in [0.2, 0.25) is 5.02 Å². The zero-order chi connectivity index (χ0) is 18.4. The molecule has 1 saturated heterocycles. The number of morpholine rings is 1. The highest BCUT2D eigenvalue weighted by Gasteiger charge is 2.13. The second kappa shape index (κ2) is 8.52. The molecule has 1 N–H and O–H groups in total. The van der Waals surface area contributed by atoms with E-state index in [1.807, 2.05) is 30.3 Å². The molecular formula is C20H18ClN3O2. The van der Waals surface area contributed by atoms with Gasteiger partial charge in [0.2, 0.25) is 0 Å². The van der Waals surface area contributed by atoms with Gasteiger partial charge in [0.05, 0.1) is 23.9 Å². The van der Waals surface area contributed by atoms with Gasteiger partial charge in [-0.1, -0.05) is 35.9 Å². The smallest absolute Gasteiger partial charge is 0.266 e. The van der Waals surface area contributed by atoms with Gasteiger partial charge >= 0.3 is 0 Å². The van der Waals surface area contributed by atoms with E-state index in [1.54, 1.807) is 30.3 Å². The minimum atomic E-state index is -0.488. The van der Waals surface area contributed by atoms with Crippen molar-refractivity contribution in [2.75, 3.05) is 36.5 Å². The maximum atomic E-state index is 12.3. The average molecular weight is 368 g/mol. The Morgan fingerprint density at radius 3 is 2.50 bits per heavy atom. The summed E-state index contributed by atoms with van der Waals surface area (Å²) in [5.41, 5.74) is 2.38. The average Bonchev–Trinajstić information content (AvgIpc) is 2.69. The molecule has 1 amide bonds. The van der Waals surface area contributed by atoms with Crippen molar-refractivity contribution in [1.29, 1.82) is 5.26 Å². The van der Waals surface area contributed by atoms with Crippen LogP contribution in [-0.4, -0.2) is 32.2 Å². The zero-order valence-corrected chi connectivity index (χ0v) is 14.9. The molecule has 0 atom stereocenters. The molecule has 0 aromatic heterocycles. The van der Waals surface area contributed by atoms with Crippen molar-refractivity contribution < 1.29 is 9.53 Å². The minimum Gasteiger partial charge on any atom is -0.378 e. The molecule has 132 valence electrons. The SMILES string of the molecule is N#C/C(=C\c1ccc(N2CCOCC2)cc1)C(=O)Nc1ccccc1Cl. The Hall–Kier alpha value is -2.81. The molecule has 3 rings (SSSR count). The lowest BCUT2D eigenvalue weighted by molar-refractivity contribution is -0.112. The summed E-state index contributed by atoms with van der Waals surface area (Å²) >= 11 is 6.04. The number of hydrogen-bond donors (Lipinski definition) is 1. The number of amides is 1. The maximum absolute atomic E-state index is 12.3. The summed E-state index contributed by atoms with van der Waals surface area (Å²) < 4.78 is 5.35. The Balaban J connectivity index is 1.73. The number of carbonyl (C=O) groups is 1. The molecule has 0 unspecified atom stereocenters. The maximum Gasteiger partial charge on any atom is 0.266 e. The molecule has 0 aliphatic carbocycles. The van der Waals surface area contributed by atoms with E-state index in [0.29, 0.717) is 10.7 Å². The molecule has 6 heteroatoms. The van der Waals surface area contributed by atoms with E-state index in [-0.39, 0.29) is 5.57 Å². The van der Waals surface area contributed by atoms with Crippen LogP contribution < -0.4 is 10.2 Å². The number of nitrogens with zero attached hydrogens (tertiary/aromatic N) is 2. The number of halogens is 1. The first-order chi connectivity index (χ1) is 12.7. The lowest BCUT2D eigenvalue weighted by Crippen LogP contribution is -2.36. The number of hydrogen-bond acceptors (Lipinski definition) is 4. The number of nitriles is 1. The number of anilines is 2. The Morgan fingerprint density at radius 1 is 1.15 bits per heavy atom. The van der Waals surface area contributed by atoms with E-state index >= 15 is 0 Å². The van der Waals surface area contributed by atoms with Crippen LogP contribution in [-0.2, 0) is 9.53 Å². The van der Waals surface area contributed by atoms with Gasteiger partial charge in [-0.2, -0.15) is 5.26 Å². The fourth-order valence-electron chi connectivity index (χ4n) is 2.67. The molecule has 0 radical (unpaired) electrons. The van der Waals surface area contributed by atoms with Gasteiger partial charge in [0, 0.05) is 18.8 Å². The van der Waals surface area contributed by atoms with Crippen LogP contribution >= 0.6 is 11.6 Å². The third-order valence-corrected chi connectivity index (χ3v) is 4.40. The van der Waals surface area contributed by atoms with E-state index in [9.17, 15) is 10.1 Å². The second-order valence-corrected chi connectivity index (χ2v) is 6.20. The van der Waals surface area contributed by atoms with Crippen molar-refractivity contribution in [3.8, 4) is 6.07 Å². The monoisotopic (exact) mass is 367 g/mol. The largest absolute Gasteiger partial charge is 0.378 e. The summed E-state index contributed by atoms with van der Waals surface area (Å²) in [4.78, 5) is 14.6. The summed E-state index contributed by atoms with van der Waals surface area (Å²) in [7, 11) is 0. The molecule has 1 aliphatic rings. The first-order valence-corrected chi connectivity index (χ1v) is 8.65. The molecule has 0 bridgehead atoms. The Morgan fingerprint density at radius 2 is 1.85 bits per heavy atom. The van der Waals surface area contributed by atoms with Gasteiger partial charge in [-0.15, -0.1) is 0 Å². The van der Waals surface area contributed by atoms with Crippen LogP contribution in [0.15, 0.2) is 54.1 Å². The molecule has 1 aliphatic heterocycles. The number of para-hydroxylation sites is 1. The first-order valence-electron chi connectivity index (χ1n) is 8.28. The fraction of sp³-hybridized carbons (Fsp3) is 0.200. The predicted molar refractivity (Wildman–Crippen MR) is 103 cm³/mol.